The number of phenolic OH excluding ortho intramolecular Hbond substituents is 1. The molecule has 1 N–H and O–H groups in total. The molecule has 76 valence electrons. The van der Waals surface area contributed by atoms with Crippen molar-refractivity contribution in [2.24, 2.45) is 0 Å². The van der Waals surface area contributed by atoms with E-state index in [9.17, 15) is 5.11 Å². The number of hydrogen-bond acceptors (Lipinski definition) is 2. The lowest BCUT2D eigenvalue weighted by atomic mass is 10.0. The summed E-state index contributed by atoms with van der Waals surface area (Å²) in [6.07, 6.45) is 0. The molecule has 0 amide bonds. The van der Waals surface area contributed by atoms with Gasteiger partial charge >= 0.3 is 0 Å². The number of hydrogen-bond donors (Lipinski definition) is 1. The SMILES string of the molecule is COc1ccccc1-c1ccc(O)cc1. The molecule has 0 radical (unpaired) electrons. The summed E-state index contributed by atoms with van der Waals surface area (Å²) < 4.78 is 5.27. The summed E-state index contributed by atoms with van der Waals surface area (Å²) in [4.78, 5) is 0. The maximum Gasteiger partial charge on any atom is 0.126 e. The third-order valence-corrected chi connectivity index (χ3v) is 2.29. The number of methoxy groups -OCH3 is 1. The average molecular weight is 200 g/mol. The van der Waals surface area contributed by atoms with Crippen LogP contribution < -0.4 is 4.74 Å². The Morgan fingerprint density at radius 3 is 2.27 bits per heavy atom. The molecule has 15 heavy (non-hydrogen) atoms. The first-order valence-electron chi connectivity index (χ1n) is 4.73. The van der Waals surface area contributed by atoms with Crippen molar-refractivity contribution < 1.29 is 9.84 Å². The molecule has 2 nitrogen and oxygen atoms in total. The van der Waals surface area contributed by atoms with Gasteiger partial charge in [0, 0.05) is 5.56 Å². The van der Waals surface area contributed by atoms with Gasteiger partial charge in [-0.1, -0.05) is 30.3 Å². The van der Waals surface area contributed by atoms with Crippen LogP contribution in [-0.2, 0) is 0 Å². The second-order valence-electron chi connectivity index (χ2n) is 3.25. The summed E-state index contributed by atoms with van der Waals surface area (Å²) >= 11 is 0. The van der Waals surface area contributed by atoms with Crippen molar-refractivity contribution in [3.8, 4) is 22.6 Å². The summed E-state index contributed by atoms with van der Waals surface area (Å²) in [5.74, 6) is 1.11. The number of rotatable bonds is 2. The Bertz CT molecular complexity index is 446. The molecule has 0 unspecified atom stereocenters. The van der Waals surface area contributed by atoms with Gasteiger partial charge in [0.1, 0.15) is 11.5 Å². The lowest BCUT2D eigenvalue weighted by Gasteiger charge is -2.07. The lowest BCUT2D eigenvalue weighted by Crippen LogP contribution is -1.86. The molecule has 2 aromatic carbocycles. The zero-order valence-corrected chi connectivity index (χ0v) is 8.47. The van der Waals surface area contributed by atoms with Crippen LogP contribution in [0.5, 0.6) is 11.5 Å². The van der Waals surface area contributed by atoms with Crippen LogP contribution in [0.25, 0.3) is 11.1 Å². The van der Waals surface area contributed by atoms with Gasteiger partial charge in [-0.15, -0.1) is 0 Å². The van der Waals surface area contributed by atoms with Crippen molar-refractivity contribution in [2.45, 2.75) is 0 Å². The molecule has 0 aliphatic rings. The van der Waals surface area contributed by atoms with Crippen LogP contribution in [0.2, 0.25) is 0 Å². The second-order valence-corrected chi connectivity index (χ2v) is 3.25. The Kier molecular flexibility index (Phi) is 2.59. The first kappa shape index (κ1) is 9.59. The first-order chi connectivity index (χ1) is 7.31. The van der Waals surface area contributed by atoms with E-state index in [1.807, 2.05) is 36.4 Å². The zero-order chi connectivity index (χ0) is 10.7. The molecule has 2 heteroatoms. The van der Waals surface area contributed by atoms with Gasteiger partial charge in [-0.05, 0) is 23.8 Å². The summed E-state index contributed by atoms with van der Waals surface area (Å²) in [5.41, 5.74) is 2.06. The standard InChI is InChI=1S/C13H12O2/c1-15-13-5-3-2-4-12(13)10-6-8-11(14)9-7-10/h2-9,14H,1H3. The fourth-order valence-corrected chi connectivity index (χ4v) is 1.52. The molecule has 2 rings (SSSR count). The van der Waals surface area contributed by atoms with E-state index in [-0.39, 0.29) is 5.75 Å². The van der Waals surface area contributed by atoms with Crippen molar-refractivity contribution in [1.82, 2.24) is 0 Å². The molecule has 0 fully saturated rings. The molecule has 0 atom stereocenters. The molecule has 0 aromatic heterocycles. The van der Waals surface area contributed by atoms with E-state index < -0.39 is 0 Å². The van der Waals surface area contributed by atoms with Gasteiger partial charge in [0.25, 0.3) is 0 Å². The predicted octanol–water partition coefficient (Wildman–Crippen LogP) is 3.07. The third kappa shape index (κ3) is 1.94. The van der Waals surface area contributed by atoms with Crippen LogP contribution in [-0.4, -0.2) is 12.2 Å². The minimum absolute atomic E-state index is 0.272. The molecule has 0 bridgehead atoms. The van der Waals surface area contributed by atoms with E-state index >= 15 is 0 Å². The molecule has 0 saturated heterocycles. The molecular formula is C13H12O2. The summed E-state index contributed by atoms with van der Waals surface area (Å²) in [7, 11) is 1.65. The third-order valence-electron chi connectivity index (χ3n) is 2.29. The van der Waals surface area contributed by atoms with Crippen molar-refractivity contribution >= 4 is 0 Å². The number of phenols is 1. The van der Waals surface area contributed by atoms with Crippen LogP contribution in [0.3, 0.4) is 0 Å². The van der Waals surface area contributed by atoms with Gasteiger partial charge < -0.3 is 9.84 Å². The van der Waals surface area contributed by atoms with E-state index in [1.54, 1.807) is 19.2 Å². The quantitative estimate of drug-likeness (QED) is 0.807. The topological polar surface area (TPSA) is 29.5 Å². The van der Waals surface area contributed by atoms with Crippen LogP contribution in [0.1, 0.15) is 0 Å². The van der Waals surface area contributed by atoms with Crippen molar-refractivity contribution in [1.29, 1.82) is 0 Å². The van der Waals surface area contributed by atoms with Gasteiger partial charge in [0.2, 0.25) is 0 Å². The Labute approximate surface area is 88.8 Å². The highest BCUT2D eigenvalue weighted by Gasteiger charge is 2.03. The minimum Gasteiger partial charge on any atom is -0.508 e. The maximum absolute atomic E-state index is 9.20. The van der Waals surface area contributed by atoms with E-state index in [0.29, 0.717) is 0 Å². The monoisotopic (exact) mass is 200 g/mol. The Hall–Kier alpha value is -1.96. The molecule has 2 aromatic rings. The largest absolute Gasteiger partial charge is 0.508 e. The number of para-hydroxylation sites is 1. The summed E-state index contributed by atoms with van der Waals surface area (Å²) in [6.45, 7) is 0. The van der Waals surface area contributed by atoms with Crippen LogP contribution >= 0.6 is 0 Å². The Morgan fingerprint density at radius 1 is 0.933 bits per heavy atom. The molecule has 0 heterocycles. The van der Waals surface area contributed by atoms with Crippen molar-refractivity contribution in [3.63, 3.8) is 0 Å². The highest BCUT2D eigenvalue weighted by Crippen LogP contribution is 2.30. The first-order valence-corrected chi connectivity index (χ1v) is 4.73. The number of benzene rings is 2. The molecule has 0 saturated carbocycles. The lowest BCUT2D eigenvalue weighted by molar-refractivity contribution is 0.416. The predicted molar refractivity (Wildman–Crippen MR) is 60.1 cm³/mol. The smallest absolute Gasteiger partial charge is 0.126 e. The van der Waals surface area contributed by atoms with Crippen LogP contribution in [0.4, 0.5) is 0 Å². The van der Waals surface area contributed by atoms with Gasteiger partial charge in [0.05, 0.1) is 7.11 Å². The number of ether oxygens (including phenoxy) is 1. The summed E-state index contributed by atoms with van der Waals surface area (Å²) in [5, 5.41) is 9.20. The normalized spacial score (nSPS) is 9.93. The van der Waals surface area contributed by atoms with E-state index in [0.717, 1.165) is 16.9 Å². The molecule has 0 spiro atoms. The fraction of sp³-hybridized carbons (Fsp3) is 0.0769. The van der Waals surface area contributed by atoms with E-state index in [4.69, 9.17) is 4.74 Å². The van der Waals surface area contributed by atoms with Crippen molar-refractivity contribution in [3.05, 3.63) is 48.5 Å². The van der Waals surface area contributed by atoms with Gasteiger partial charge in [0.15, 0.2) is 0 Å². The second kappa shape index (κ2) is 4.05. The van der Waals surface area contributed by atoms with Crippen molar-refractivity contribution in [2.75, 3.05) is 7.11 Å². The van der Waals surface area contributed by atoms with Gasteiger partial charge in [-0.2, -0.15) is 0 Å². The number of aromatic hydroxyl groups is 1. The Balaban J connectivity index is 2.49. The Morgan fingerprint density at radius 2 is 1.60 bits per heavy atom. The highest BCUT2D eigenvalue weighted by molar-refractivity contribution is 5.70. The van der Waals surface area contributed by atoms with Crippen LogP contribution in [0, 0.1) is 0 Å². The zero-order valence-electron chi connectivity index (χ0n) is 8.47. The molecule has 0 aliphatic heterocycles. The van der Waals surface area contributed by atoms with E-state index in [1.165, 1.54) is 0 Å². The molecule has 0 aliphatic carbocycles. The van der Waals surface area contributed by atoms with Crippen LogP contribution in [0.15, 0.2) is 48.5 Å². The average Bonchev–Trinajstić information content (AvgIpc) is 2.30. The highest BCUT2D eigenvalue weighted by atomic mass is 16.5. The fourth-order valence-electron chi connectivity index (χ4n) is 1.52. The summed E-state index contributed by atoms with van der Waals surface area (Å²) in [6, 6.07) is 14.9. The van der Waals surface area contributed by atoms with Gasteiger partial charge in [-0.25, -0.2) is 0 Å². The minimum atomic E-state index is 0.272. The van der Waals surface area contributed by atoms with Gasteiger partial charge in [-0.3, -0.25) is 0 Å². The molecular weight excluding hydrogens is 188 g/mol. The maximum atomic E-state index is 9.20. The van der Waals surface area contributed by atoms with E-state index in [2.05, 4.69) is 0 Å².